The van der Waals surface area contributed by atoms with Gasteiger partial charge in [-0.25, -0.2) is 9.59 Å². The van der Waals surface area contributed by atoms with E-state index in [2.05, 4.69) is 0 Å². The molecular formula is C19H26N2O4. The van der Waals surface area contributed by atoms with Crippen molar-refractivity contribution in [1.29, 1.82) is 0 Å². The first-order valence-corrected chi connectivity index (χ1v) is 8.70. The van der Waals surface area contributed by atoms with Crippen molar-refractivity contribution in [3.63, 3.8) is 0 Å². The largest absolute Gasteiger partial charge is 0.457 e. The van der Waals surface area contributed by atoms with Gasteiger partial charge in [-0.1, -0.05) is 6.07 Å². The van der Waals surface area contributed by atoms with Gasteiger partial charge in [-0.2, -0.15) is 0 Å². The van der Waals surface area contributed by atoms with Gasteiger partial charge < -0.3 is 20.1 Å². The summed E-state index contributed by atoms with van der Waals surface area (Å²) in [4.78, 5) is 25.9. The van der Waals surface area contributed by atoms with Gasteiger partial charge in [0.1, 0.15) is 12.2 Å². The third-order valence-electron chi connectivity index (χ3n) is 4.93. The van der Waals surface area contributed by atoms with Gasteiger partial charge in [0.2, 0.25) is 0 Å². The van der Waals surface area contributed by atoms with Gasteiger partial charge in [0, 0.05) is 30.6 Å². The van der Waals surface area contributed by atoms with Gasteiger partial charge in [0.15, 0.2) is 0 Å². The molecule has 1 amide bonds. The van der Waals surface area contributed by atoms with Gasteiger partial charge in [0.25, 0.3) is 0 Å². The molecule has 1 saturated heterocycles. The van der Waals surface area contributed by atoms with Crippen LogP contribution in [0.5, 0.6) is 0 Å². The second kappa shape index (κ2) is 6.33. The van der Waals surface area contributed by atoms with Crippen LogP contribution in [0.15, 0.2) is 12.1 Å². The maximum Gasteiger partial charge on any atom is 0.410 e. The number of hydrogen-bond acceptors (Lipinski definition) is 5. The maximum absolute atomic E-state index is 12.4. The lowest BCUT2D eigenvalue weighted by Gasteiger charge is -2.38. The highest BCUT2D eigenvalue weighted by molar-refractivity contribution is 5.94. The van der Waals surface area contributed by atoms with Crippen LogP contribution < -0.4 is 5.73 Å². The highest BCUT2D eigenvalue weighted by Crippen LogP contribution is 2.34. The molecule has 0 aliphatic carbocycles. The topological polar surface area (TPSA) is 81.9 Å². The summed E-state index contributed by atoms with van der Waals surface area (Å²) in [6, 6.07) is 3.73. The zero-order chi connectivity index (χ0) is 18.4. The number of piperidine rings is 1. The Hall–Kier alpha value is -2.08. The Bertz CT molecular complexity index is 708. The van der Waals surface area contributed by atoms with Crippen LogP contribution in [0.25, 0.3) is 0 Å². The first kappa shape index (κ1) is 17.7. The molecule has 2 atom stereocenters. The van der Waals surface area contributed by atoms with Gasteiger partial charge in [-0.15, -0.1) is 0 Å². The number of carbonyl (C=O) groups excluding carboxylic acids is 2. The normalized spacial score (nSPS) is 23.2. The standard InChI is InChI=1S/C19H26N2O4/c1-11-12(5-6-13-15(11)10-24-17(13)22)14-9-21(8-7-16(14)20)18(23)25-19(2,3)4/h5-6,14,16H,7-10,20H2,1-4H3. The SMILES string of the molecule is Cc1c(C2CN(C(=O)OC(C)(C)C)CCC2N)ccc2c1COC2=O. The van der Waals surface area contributed by atoms with Crippen LogP contribution in [-0.4, -0.2) is 41.7 Å². The number of cyclic esters (lactones) is 1. The molecule has 1 aromatic carbocycles. The third-order valence-corrected chi connectivity index (χ3v) is 4.93. The zero-order valence-corrected chi connectivity index (χ0v) is 15.3. The molecule has 0 saturated carbocycles. The molecule has 0 radical (unpaired) electrons. The van der Waals surface area contributed by atoms with Crippen molar-refractivity contribution in [3.8, 4) is 0 Å². The summed E-state index contributed by atoms with van der Waals surface area (Å²) in [5.41, 5.74) is 9.53. The number of nitrogens with zero attached hydrogens (tertiary/aromatic N) is 1. The molecule has 6 heteroatoms. The summed E-state index contributed by atoms with van der Waals surface area (Å²) in [5, 5.41) is 0. The van der Waals surface area contributed by atoms with E-state index in [9.17, 15) is 9.59 Å². The van der Waals surface area contributed by atoms with Crippen LogP contribution >= 0.6 is 0 Å². The molecule has 25 heavy (non-hydrogen) atoms. The molecule has 2 N–H and O–H groups in total. The fourth-order valence-corrected chi connectivity index (χ4v) is 3.56. The Morgan fingerprint density at radius 1 is 1.36 bits per heavy atom. The second-order valence-corrected chi connectivity index (χ2v) is 7.87. The van der Waals surface area contributed by atoms with Crippen LogP contribution in [0.3, 0.4) is 0 Å². The van der Waals surface area contributed by atoms with Crippen LogP contribution in [-0.2, 0) is 16.1 Å². The first-order chi connectivity index (χ1) is 11.7. The molecule has 2 aliphatic rings. The summed E-state index contributed by atoms with van der Waals surface area (Å²) >= 11 is 0. The Morgan fingerprint density at radius 2 is 2.08 bits per heavy atom. The van der Waals surface area contributed by atoms with Gasteiger partial charge in [-0.3, -0.25) is 0 Å². The van der Waals surface area contributed by atoms with Crippen LogP contribution in [0.1, 0.15) is 60.2 Å². The molecule has 0 spiro atoms. The van der Waals surface area contributed by atoms with Gasteiger partial charge in [0.05, 0.1) is 5.56 Å². The molecule has 2 aliphatic heterocycles. The van der Waals surface area contributed by atoms with E-state index < -0.39 is 5.60 Å². The number of fused-ring (bicyclic) bond motifs is 1. The lowest BCUT2D eigenvalue weighted by Crippen LogP contribution is -2.49. The summed E-state index contributed by atoms with van der Waals surface area (Å²) < 4.78 is 10.6. The Morgan fingerprint density at radius 3 is 2.76 bits per heavy atom. The fourth-order valence-electron chi connectivity index (χ4n) is 3.56. The lowest BCUT2D eigenvalue weighted by atomic mass is 9.82. The number of hydrogen-bond donors (Lipinski definition) is 1. The Kier molecular flexibility index (Phi) is 4.49. The molecule has 3 rings (SSSR count). The number of benzene rings is 1. The van der Waals surface area contributed by atoms with E-state index in [1.807, 2.05) is 39.8 Å². The minimum atomic E-state index is -0.521. The summed E-state index contributed by atoms with van der Waals surface area (Å²) in [7, 11) is 0. The molecule has 6 nitrogen and oxygen atoms in total. The fraction of sp³-hybridized carbons (Fsp3) is 0.579. The monoisotopic (exact) mass is 346 g/mol. The van der Waals surface area contributed by atoms with E-state index in [1.165, 1.54) is 0 Å². The molecule has 1 fully saturated rings. The number of ether oxygens (including phenoxy) is 2. The highest BCUT2D eigenvalue weighted by Gasteiger charge is 2.35. The average Bonchev–Trinajstić information content (AvgIpc) is 2.89. The van der Waals surface area contributed by atoms with E-state index in [0.29, 0.717) is 25.3 Å². The highest BCUT2D eigenvalue weighted by atomic mass is 16.6. The van der Waals surface area contributed by atoms with Crippen molar-refractivity contribution in [2.24, 2.45) is 5.73 Å². The van der Waals surface area contributed by atoms with Crippen molar-refractivity contribution >= 4 is 12.1 Å². The quantitative estimate of drug-likeness (QED) is 0.791. The van der Waals surface area contributed by atoms with Crippen molar-refractivity contribution in [3.05, 3.63) is 34.4 Å². The van der Waals surface area contributed by atoms with E-state index >= 15 is 0 Å². The number of amides is 1. The first-order valence-electron chi connectivity index (χ1n) is 8.70. The smallest absolute Gasteiger partial charge is 0.410 e. The minimum Gasteiger partial charge on any atom is -0.457 e. The Balaban J connectivity index is 1.84. The van der Waals surface area contributed by atoms with Crippen molar-refractivity contribution < 1.29 is 19.1 Å². The molecule has 136 valence electrons. The van der Waals surface area contributed by atoms with E-state index in [-0.39, 0.29) is 24.0 Å². The van der Waals surface area contributed by atoms with E-state index in [1.54, 1.807) is 4.90 Å². The average molecular weight is 346 g/mol. The summed E-state index contributed by atoms with van der Waals surface area (Å²) in [6.07, 6.45) is 0.414. The maximum atomic E-state index is 12.4. The van der Waals surface area contributed by atoms with Crippen LogP contribution in [0.4, 0.5) is 4.79 Å². The molecule has 0 aromatic heterocycles. The molecule has 2 unspecified atom stereocenters. The number of nitrogens with two attached hydrogens (primary N) is 1. The molecule has 2 heterocycles. The third kappa shape index (κ3) is 3.49. The number of likely N-dealkylation sites (tertiary alicyclic amines) is 1. The van der Waals surface area contributed by atoms with Gasteiger partial charge >= 0.3 is 12.1 Å². The number of carbonyl (C=O) groups is 2. The van der Waals surface area contributed by atoms with Crippen molar-refractivity contribution in [1.82, 2.24) is 4.90 Å². The van der Waals surface area contributed by atoms with Crippen LogP contribution in [0, 0.1) is 6.92 Å². The summed E-state index contributed by atoms with van der Waals surface area (Å²) in [5.74, 6) is -0.254. The Labute approximate surface area is 148 Å². The molecule has 1 aromatic rings. The lowest BCUT2D eigenvalue weighted by molar-refractivity contribution is 0.0186. The molecule has 0 bridgehead atoms. The minimum absolute atomic E-state index is 0.0160. The van der Waals surface area contributed by atoms with Crippen molar-refractivity contribution in [2.75, 3.05) is 13.1 Å². The van der Waals surface area contributed by atoms with E-state index in [0.717, 1.165) is 23.1 Å². The molecular weight excluding hydrogens is 320 g/mol. The van der Waals surface area contributed by atoms with Gasteiger partial charge in [-0.05, 0) is 51.3 Å². The zero-order valence-electron chi connectivity index (χ0n) is 15.3. The number of esters is 1. The van der Waals surface area contributed by atoms with Crippen molar-refractivity contribution in [2.45, 2.75) is 58.3 Å². The van der Waals surface area contributed by atoms with E-state index in [4.69, 9.17) is 15.2 Å². The predicted molar refractivity (Wildman–Crippen MR) is 93.4 cm³/mol. The number of rotatable bonds is 1. The van der Waals surface area contributed by atoms with Crippen LogP contribution in [0.2, 0.25) is 0 Å². The second-order valence-electron chi connectivity index (χ2n) is 7.87. The predicted octanol–water partition coefficient (Wildman–Crippen LogP) is 2.72. The summed E-state index contributed by atoms with van der Waals surface area (Å²) in [6.45, 7) is 9.00.